The number of hydrogen-bond acceptors (Lipinski definition) is 6. The zero-order valence-electron chi connectivity index (χ0n) is 20.4. The van der Waals surface area contributed by atoms with Crippen molar-refractivity contribution in [2.45, 2.75) is 25.6 Å². The van der Waals surface area contributed by atoms with E-state index in [1.165, 1.54) is 37.3 Å². The summed E-state index contributed by atoms with van der Waals surface area (Å²) in [6.45, 7) is 1.18. The van der Waals surface area contributed by atoms with Gasteiger partial charge in [0.1, 0.15) is 6.04 Å². The van der Waals surface area contributed by atoms with E-state index in [0.717, 1.165) is 35.1 Å². The molecule has 0 fully saturated rings. The largest absolute Gasteiger partial charge is 0.466 e. The van der Waals surface area contributed by atoms with Gasteiger partial charge in [-0.15, -0.1) is 0 Å². The maximum Gasteiger partial charge on any atom is 0.416 e. The van der Waals surface area contributed by atoms with Crippen LogP contribution in [0.4, 0.5) is 23.7 Å². The number of alkyl halides is 3. The molecule has 0 aliphatic carbocycles. The number of carbonyl (C=O) groups excluding carboxylic acids is 2. The number of primary amides is 1. The summed E-state index contributed by atoms with van der Waals surface area (Å²) in [5.74, 6) is -1.49. The second-order valence-electron chi connectivity index (χ2n) is 8.19. The monoisotopic (exact) mass is 527 g/mol. The SMILES string of the molecule is COC(=O)C1=C(C)N(c2cccc(C(F)(F)F)c2)C(=N)N(C(N)=O)[C@@H]1c1ccc(C#N)cc1C/C=C/CO. The molecule has 1 aliphatic rings. The average Bonchev–Trinajstić information content (AvgIpc) is 2.87. The van der Waals surface area contributed by atoms with Crippen molar-refractivity contribution in [2.75, 3.05) is 18.6 Å². The number of aliphatic hydroxyl groups excluding tert-OH is 1. The third-order valence-electron chi connectivity index (χ3n) is 5.95. The first-order valence-electron chi connectivity index (χ1n) is 11.2. The van der Waals surface area contributed by atoms with Crippen LogP contribution in [0.3, 0.4) is 0 Å². The van der Waals surface area contributed by atoms with Crippen molar-refractivity contribution < 1.29 is 32.6 Å². The minimum Gasteiger partial charge on any atom is -0.466 e. The Morgan fingerprint density at radius 3 is 2.53 bits per heavy atom. The molecule has 0 saturated carbocycles. The Hall–Kier alpha value is -4.63. The number of guanidine groups is 1. The van der Waals surface area contributed by atoms with E-state index in [-0.39, 0.29) is 35.5 Å². The highest BCUT2D eigenvalue weighted by Crippen LogP contribution is 2.42. The normalized spacial score (nSPS) is 16.1. The predicted molar refractivity (Wildman–Crippen MR) is 132 cm³/mol. The lowest BCUT2D eigenvalue weighted by atomic mass is 9.88. The number of nitriles is 1. The zero-order valence-corrected chi connectivity index (χ0v) is 20.4. The second-order valence-corrected chi connectivity index (χ2v) is 8.19. The molecule has 9 nitrogen and oxygen atoms in total. The molecule has 0 radical (unpaired) electrons. The summed E-state index contributed by atoms with van der Waals surface area (Å²) in [4.78, 5) is 27.6. The quantitative estimate of drug-likeness (QED) is 0.383. The number of allylic oxidation sites excluding steroid dienone is 2. The van der Waals surface area contributed by atoms with Gasteiger partial charge in [-0.2, -0.15) is 18.4 Å². The van der Waals surface area contributed by atoms with Gasteiger partial charge in [0.2, 0.25) is 5.96 Å². The average molecular weight is 528 g/mol. The smallest absolute Gasteiger partial charge is 0.416 e. The number of aliphatic hydroxyl groups is 1. The molecule has 1 heterocycles. The van der Waals surface area contributed by atoms with Gasteiger partial charge < -0.3 is 15.6 Å². The molecule has 12 heteroatoms. The molecule has 0 spiro atoms. The zero-order chi connectivity index (χ0) is 28.2. The van der Waals surface area contributed by atoms with Crippen LogP contribution >= 0.6 is 0 Å². The Balaban J connectivity index is 2.34. The van der Waals surface area contributed by atoms with Gasteiger partial charge in [-0.3, -0.25) is 15.2 Å². The van der Waals surface area contributed by atoms with Crippen LogP contribution in [0, 0.1) is 16.7 Å². The van der Waals surface area contributed by atoms with Crippen molar-refractivity contribution in [3.05, 3.63) is 88.1 Å². The molecular weight excluding hydrogens is 503 g/mol. The fourth-order valence-electron chi connectivity index (χ4n) is 4.27. The number of esters is 1. The Kier molecular flexibility index (Phi) is 8.23. The predicted octanol–water partition coefficient (Wildman–Crippen LogP) is 3.99. The topological polar surface area (TPSA) is 144 Å². The van der Waals surface area contributed by atoms with Crippen LogP contribution in [0.5, 0.6) is 0 Å². The molecule has 2 aromatic rings. The minimum absolute atomic E-state index is 0.0462. The van der Waals surface area contributed by atoms with Crippen LogP contribution < -0.4 is 10.6 Å². The fraction of sp³-hybridized carbons (Fsp3) is 0.231. The molecule has 0 unspecified atom stereocenters. The number of nitrogens with one attached hydrogen (secondary N) is 1. The van der Waals surface area contributed by atoms with Crippen molar-refractivity contribution in [3.63, 3.8) is 0 Å². The Morgan fingerprint density at radius 1 is 1.24 bits per heavy atom. The number of rotatable bonds is 6. The first kappa shape index (κ1) is 27.9. The summed E-state index contributed by atoms with van der Waals surface area (Å²) in [5.41, 5.74) is 5.55. The Morgan fingerprint density at radius 2 is 1.95 bits per heavy atom. The molecule has 1 aliphatic heterocycles. The summed E-state index contributed by atoms with van der Waals surface area (Å²) in [5, 5.41) is 27.3. The van der Waals surface area contributed by atoms with Crippen molar-refractivity contribution >= 4 is 23.6 Å². The number of benzene rings is 2. The van der Waals surface area contributed by atoms with Crippen LogP contribution in [0.1, 0.15) is 35.2 Å². The summed E-state index contributed by atoms with van der Waals surface area (Å²) in [6, 6.07) is 8.15. The van der Waals surface area contributed by atoms with Gasteiger partial charge in [-0.1, -0.05) is 24.3 Å². The van der Waals surface area contributed by atoms with E-state index in [1.807, 2.05) is 6.07 Å². The lowest BCUT2D eigenvalue weighted by molar-refractivity contribution is -0.138. The number of carbonyl (C=O) groups is 2. The number of amides is 2. The third-order valence-corrected chi connectivity index (χ3v) is 5.95. The lowest BCUT2D eigenvalue weighted by Gasteiger charge is -2.43. The van der Waals surface area contributed by atoms with Crippen LogP contribution in [0.15, 0.2) is 65.9 Å². The molecule has 38 heavy (non-hydrogen) atoms. The molecule has 2 amide bonds. The van der Waals surface area contributed by atoms with Gasteiger partial charge in [0.15, 0.2) is 0 Å². The first-order valence-corrected chi connectivity index (χ1v) is 11.2. The molecule has 2 aromatic carbocycles. The number of urea groups is 1. The summed E-state index contributed by atoms with van der Waals surface area (Å²) < 4.78 is 45.2. The summed E-state index contributed by atoms with van der Waals surface area (Å²) >= 11 is 0. The molecule has 3 rings (SSSR count). The van der Waals surface area contributed by atoms with E-state index in [1.54, 1.807) is 6.08 Å². The highest BCUT2D eigenvalue weighted by molar-refractivity contribution is 6.10. The Bertz CT molecular complexity index is 1380. The molecule has 198 valence electrons. The number of halogens is 3. The molecule has 0 bridgehead atoms. The van der Waals surface area contributed by atoms with Crippen molar-refractivity contribution in [1.82, 2.24) is 4.90 Å². The number of nitrogens with zero attached hydrogens (tertiary/aromatic N) is 3. The summed E-state index contributed by atoms with van der Waals surface area (Å²) in [7, 11) is 1.10. The van der Waals surface area contributed by atoms with E-state index in [4.69, 9.17) is 21.0 Å². The van der Waals surface area contributed by atoms with Crippen molar-refractivity contribution in [1.29, 1.82) is 10.7 Å². The van der Waals surface area contributed by atoms with E-state index in [0.29, 0.717) is 11.1 Å². The van der Waals surface area contributed by atoms with Gasteiger partial charge in [-0.05, 0) is 54.8 Å². The third kappa shape index (κ3) is 5.37. The lowest BCUT2D eigenvalue weighted by Crippen LogP contribution is -2.55. The molecule has 1 atom stereocenters. The Labute approximate surface area is 216 Å². The van der Waals surface area contributed by atoms with E-state index in [2.05, 4.69) is 0 Å². The van der Waals surface area contributed by atoms with Crippen LogP contribution in [0.2, 0.25) is 0 Å². The first-order chi connectivity index (χ1) is 18.0. The highest BCUT2D eigenvalue weighted by Gasteiger charge is 2.44. The van der Waals surface area contributed by atoms with Crippen LogP contribution in [-0.4, -0.2) is 41.7 Å². The number of anilines is 1. The van der Waals surface area contributed by atoms with E-state index < -0.39 is 35.7 Å². The van der Waals surface area contributed by atoms with Crippen molar-refractivity contribution in [2.24, 2.45) is 5.73 Å². The van der Waals surface area contributed by atoms with Gasteiger partial charge >= 0.3 is 18.2 Å². The molecular formula is C26H24F3N5O4. The van der Waals surface area contributed by atoms with Gasteiger partial charge in [-0.25, -0.2) is 9.59 Å². The van der Waals surface area contributed by atoms with E-state index >= 15 is 0 Å². The maximum absolute atomic E-state index is 13.4. The van der Waals surface area contributed by atoms with Gasteiger partial charge in [0.05, 0.1) is 36.5 Å². The highest BCUT2D eigenvalue weighted by atomic mass is 19.4. The number of hydrogen-bond donors (Lipinski definition) is 3. The van der Waals surface area contributed by atoms with Gasteiger partial charge in [0.25, 0.3) is 0 Å². The molecule has 0 aromatic heterocycles. The fourth-order valence-corrected chi connectivity index (χ4v) is 4.27. The molecule has 0 saturated heterocycles. The number of ether oxygens (including phenoxy) is 1. The second kappa shape index (κ2) is 11.2. The minimum atomic E-state index is -4.68. The van der Waals surface area contributed by atoms with Crippen LogP contribution in [-0.2, 0) is 22.1 Å². The van der Waals surface area contributed by atoms with Gasteiger partial charge in [0, 0.05) is 11.4 Å². The van der Waals surface area contributed by atoms with Crippen LogP contribution in [0.25, 0.3) is 0 Å². The number of methoxy groups -OCH3 is 1. The van der Waals surface area contributed by atoms with Crippen molar-refractivity contribution in [3.8, 4) is 6.07 Å². The standard InChI is InChI=1S/C26H24F3N5O4/c1-15-21(23(36)38-2)22(20-10-9-16(14-30)12-17(20)6-3-4-11-35)34(25(32)37)24(31)33(15)19-8-5-7-18(13-19)26(27,28)29/h3-5,7-10,12-13,22,31,35H,6,11H2,1-2H3,(H2,32,37)/b4-3+,31-24?/t22-/m1/s1. The molecule has 4 N–H and O–H groups in total. The van der Waals surface area contributed by atoms with E-state index in [9.17, 15) is 28.0 Å². The maximum atomic E-state index is 13.4. The number of nitrogens with two attached hydrogens (primary N) is 1. The summed E-state index contributed by atoms with van der Waals surface area (Å²) in [6.07, 6.45) is -1.41.